The van der Waals surface area contributed by atoms with Gasteiger partial charge in [0.25, 0.3) is 15.9 Å². The molecule has 1 amide bonds. The van der Waals surface area contributed by atoms with Gasteiger partial charge in [0.15, 0.2) is 6.61 Å². The van der Waals surface area contributed by atoms with Gasteiger partial charge in [-0.15, -0.1) is 4.83 Å². The summed E-state index contributed by atoms with van der Waals surface area (Å²) in [6.45, 7) is -0.440. The predicted molar refractivity (Wildman–Crippen MR) is 120 cm³/mol. The maximum atomic E-state index is 12.6. The lowest BCUT2D eigenvalue weighted by atomic mass is 10.2. The summed E-state index contributed by atoms with van der Waals surface area (Å²) in [5.74, 6) is -1.46. The monoisotopic (exact) mass is 490 g/mol. The number of benzene rings is 3. The SMILES string of the molecule is O=C(O)COc1ccc(S(=O)(=O)NNC(=O)c2ccccc2OCc2ccccc2Cl)cc1. The average molecular weight is 491 g/mol. The zero-order chi connectivity index (χ0) is 23.8. The Balaban J connectivity index is 1.64. The van der Waals surface area contributed by atoms with Crippen LogP contribution in [0.2, 0.25) is 5.02 Å². The normalized spacial score (nSPS) is 10.9. The summed E-state index contributed by atoms with van der Waals surface area (Å²) >= 11 is 6.12. The number of hydrazine groups is 1. The molecular weight excluding hydrogens is 472 g/mol. The minimum atomic E-state index is -4.10. The fourth-order valence-corrected chi connectivity index (χ4v) is 3.68. The highest BCUT2D eigenvalue weighted by Gasteiger charge is 2.18. The summed E-state index contributed by atoms with van der Waals surface area (Å²) in [5.41, 5.74) is 2.99. The molecule has 3 aromatic carbocycles. The summed E-state index contributed by atoms with van der Waals surface area (Å²) in [6.07, 6.45) is 0. The Morgan fingerprint density at radius 1 is 0.909 bits per heavy atom. The molecule has 0 bridgehead atoms. The first kappa shape index (κ1) is 24.1. The number of hydrogen-bond donors (Lipinski definition) is 3. The molecule has 0 spiro atoms. The number of sulfonamides is 1. The number of carbonyl (C=O) groups excluding carboxylic acids is 1. The van der Waals surface area contributed by atoms with E-state index in [0.717, 1.165) is 5.56 Å². The van der Waals surface area contributed by atoms with E-state index in [1.54, 1.807) is 36.4 Å². The van der Waals surface area contributed by atoms with Crippen LogP contribution in [-0.4, -0.2) is 32.0 Å². The molecule has 0 aromatic heterocycles. The van der Waals surface area contributed by atoms with Crippen molar-refractivity contribution in [1.29, 1.82) is 0 Å². The molecule has 0 aliphatic heterocycles. The van der Waals surface area contributed by atoms with Gasteiger partial charge in [0, 0.05) is 10.6 Å². The number of para-hydroxylation sites is 1. The maximum absolute atomic E-state index is 12.6. The number of halogens is 1. The van der Waals surface area contributed by atoms with E-state index in [4.69, 9.17) is 26.2 Å². The van der Waals surface area contributed by atoms with Crippen LogP contribution in [0.4, 0.5) is 0 Å². The predicted octanol–water partition coefficient (Wildman–Crippen LogP) is 3.01. The van der Waals surface area contributed by atoms with Gasteiger partial charge in [-0.05, 0) is 42.5 Å². The number of ether oxygens (including phenoxy) is 2. The molecule has 0 aliphatic rings. The topological polar surface area (TPSA) is 131 Å². The number of carbonyl (C=O) groups is 2. The fraction of sp³-hybridized carbons (Fsp3) is 0.0909. The molecule has 0 heterocycles. The van der Waals surface area contributed by atoms with Crippen molar-refractivity contribution in [2.24, 2.45) is 0 Å². The van der Waals surface area contributed by atoms with Crippen molar-refractivity contribution in [3.8, 4) is 11.5 Å². The van der Waals surface area contributed by atoms with Gasteiger partial charge >= 0.3 is 5.97 Å². The Hall–Kier alpha value is -3.60. The summed E-state index contributed by atoms with van der Waals surface area (Å²) < 4.78 is 35.6. The molecule has 11 heteroatoms. The molecule has 0 fully saturated rings. The number of carboxylic acids is 1. The van der Waals surface area contributed by atoms with Crippen molar-refractivity contribution in [1.82, 2.24) is 10.3 Å². The lowest BCUT2D eigenvalue weighted by molar-refractivity contribution is -0.139. The minimum Gasteiger partial charge on any atom is -0.488 e. The van der Waals surface area contributed by atoms with Gasteiger partial charge in [-0.25, -0.2) is 13.2 Å². The van der Waals surface area contributed by atoms with Gasteiger partial charge in [-0.1, -0.05) is 41.9 Å². The number of nitrogens with one attached hydrogen (secondary N) is 2. The second kappa shape index (κ2) is 10.8. The first-order valence-electron chi connectivity index (χ1n) is 9.48. The summed E-state index contributed by atoms with van der Waals surface area (Å²) in [5, 5.41) is 9.13. The number of hydrogen-bond acceptors (Lipinski definition) is 6. The van der Waals surface area contributed by atoms with Crippen LogP contribution < -0.4 is 19.7 Å². The van der Waals surface area contributed by atoms with E-state index in [0.29, 0.717) is 5.02 Å². The van der Waals surface area contributed by atoms with Gasteiger partial charge < -0.3 is 14.6 Å². The molecule has 0 saturated carbocycles. The second-order valence-corrected chi connectivity index (χ2v) is 8.68. The maximum Gasteiger partial charge on any atom is 0.341 e. The van der Waals surface area contributed by atoms with E-state index in [1.165, 1.54) is 30.3 Å². The van der Waals surface area contributed by atoms with Gasteiger partial charge in [-0.3, -0.25) is 10.2 Å². The lowest BCUT2D eigenvalue weighted by Gasteiger charge is -2.13. The number of rotatable bonds is 10. The van der Waals surface area contributed by atoms with Gasteiger partial charge in [0.05, 0.1) is 10.5 Å². The summed E-state index contributed by atoms with van der Waals surface area (Å²) in [4.78, 5) is 25.0. The zero-order valence-corrected chi connectivity index (χ0v) is 18.6. The van der Waals surface area contributed by atoms with Crippen LogP contribution in [0.3, 0.4) is 0 Å². The molecule has 0 saturated heterocycles. The highest BCUT2D eigenvalue weighted by Crippen LogP contribution is 2.22. The molecule has 0 unspecified atom stereocenters. The molecule has 33 heavy (non-hydrogen) atoms. The lowest BCUT2D eigenvalue weighted by Crippen LogP contribution is -2.41. The van der Waals surface area contributed by atoms with E-state index >= 15 is 0 Å². The Bertz CT molecular complexity index is 1250. The van der Waals surface area contributed by atoms with Crippen molar-refractivity contribution in [3.63, 3.8) is 0 Å². The molecule has 172 valence electrons. The van der Waals surface area contributed by atoms with E-state index in [-0.39, 0.29) is 28.6 Å². The van der Waals surface area contributed by atoms with Crippen molar-refractivity contribution < 1.29 is 32.6 Å². The van der Waals surface area contributed by atoms with Gasteiger partial charge in [0.1, 0.15) is 18.1 Å². The molecular formula is C22H19ClN2O7S. The Kier molecular flexibility index (Phi) is 7.88. The van der Waals surface area contributed by atoms with Crippen molar-refractivity contribution in [2.45, 2.75) is 11.5 Å². The molecule has 3 aromatic rings. The van der Waals surface area contributed by atoms with Crippen molar-refractivity contribution in [3.05, 3.63) is 88.9 Å². The second-order valence-electron chi connectivity index (χ2n) is 6.59. The number of aliphatic carboxylic acids is 1. The van der Waals surface area contributed by atoms with Crippen LogP contribution in [0.1, 0.15) is 15.9 Å². The number of amides is 1. The van der Waals surface area contributed by atoms with E-state index in [2.05, 4.69) is 5.43 Å². The Morgan fingerprint density at radius 3 is 2.27 bits per heavy atom. The first-order valence-corrected chi connectivity index (χ1v) is 11.3. The first-order chi connectivity index (χ1) is 15.8. The Labute approximate surface area is 194 Å². The van der Waals surface area contributed by atoms with Crippen molar-refractivity contribution >= 4 is 33.5 Å². The smallest absolute Gasteiger partial charge is 0.341 e. The third kappa shape index (κ3) is 6.69. The third-order valence-corrected chi connectivity index (χ3v) is 5.90. The highest BCUT2D eigenvalue weighted by atomic mass is 35.5. The average Bonchev–Trinajstić information content (AvgIpc) is 2.81. The zero-order valence-electron chi connectivity index (χ0n) is 17.0. The van der Waals surface area contributed by atoms with Crippen LogP contribution in [-0.2, 0) is 21.4 Å². The highest BCUT2D eigenvalue weighted by molar-refractivity contribution is 7.89. The molecule has 9 nitrogen and oxygen atoms in total. The molecule has 0 aliphatic carbocycles. The van der Waals surface area contributed by atoms with E-state index in [1.807, 2.05) is 10.9 Å². The van der Waals surface area contributed by atoms with Gasteiger partial charge in [-0.2, -0.15) is 0 Å². The summed E-state index contributed by atoms with van der Waals surface area (Å²) in [7, 11) is -4.10. The molecule has 3 N–H and O–H groups in total. The van der Waals surface area contributed by atoms with Crippen LogP contribution in [0.5, 0.6) is 11.5 Å². The molecule has 0 radical (unpaired) electrons. The Morgan fingerprint density at radius 2 is 1.58 bits per heavy atom. The van der Waals surface area contributed by atoms with Gasteiger partial charge in [0.2, 0.25) is 0 Å². The minimum absolute atomic E-state index is 0.115. The van der Waals surface area contributed by atoms with Crippen LogP contribution in [0.25, 0.3) is 0 Å². The van der Waals surface area contributed by atoms with E-state index in [9.17, 15) is 18.0 Å². The molecule has 0 atom stereocenters. The largest absolute Gasteiger partial charge is 0.488 e. The standard InChI is InChI=1S/C22H19ClN2O7S/c23-19-7-3-1-5-15(19)13-32-20-8-4-2-6-18(20)22(28)24-25-33(29,30)17-11-9-16(10-12-17)31-14-21(26)27/h1-12,25H,13-14H2,(H,24,28)(H,26,27). The summed E-state index contributed by atoms with van der Waals surface area (Å²) in [6, 6.07) is 18.5. The number of carboxylic acid groups (broad SMARTS) is 1. The van der Waals surface area contributed by atoms with E-state index < -0.39 is 28.5 Å². The quantitative estimate of drug-likeness (QED) is 0.372. The van der Waals surface area contributed by atoms with Crippen LogP contribution in [0.15, 0.2) is 77.7 Å². The fourth-order valence-electron chi connectivity index (χ4n) is 2.65. The molecule has 3 rings (SSSR count). The van der Waals surface area contributed by atoms with Crippen LogP contribution >= 0.6 is 11.6 Å². The third-order valence-electron chi connectivity index (χ3n) is 4.27. The van der Waals surface area contributed by atoms with Crippen LogP contribution in [0, 0.1) is 0 Å². The van der Waals surface area contributed by atoms with Crippen molar-refractivity contribution in [2.75, 3.05) is 6.61 Å².